The van der Waals surface area contributed by atoms with E-state index in [-0.39, 0.29) is 28.0 Å². The van der Waals surface area contributed by atoms with Gasteiger partial charge in [0, 0.05) is 11.8 Å². The molecule has 6 heteroatoms. The lowest BCUT2D eigenvalue weighted by Crippen LogP contribution is -2.26. The summed E-state index contributed by atoms with van der Waals surface area (Å²) in [6.07, 6.45) is 0. The first-order valence-electron chi connectivity index (χ1n) is 5.34. The molecule has 0 radical (unpaired) electrons. The molecule has 5 nitrogen and oxygen atoms in total. The van der Waals surface area contributed by atoms with E-state index in [4.69, 9.17) is 5.11 Å². The number of aromatic carboxylic acids is 1. The van der Waals surface area contributed by atoms with Crippen LogP contribution in [0.15, 0.2) is 18.2 Å². The molecule has 3 N–H and O–H groups in total. The number of amides is 1. The molecule has 18 heavy (non-hydrogen) atoms. The molecule has 0 saturated carbocycles. The van der Waals surface area contributed by atoms with Gasteiger partial charge in [-0.1, -0.05) is 29.8 Å². The van der Waals surface area contributed by atoms with Gasteiger partial charge in [0.05, 0.1) is 4.83 Å². The highest BCUT2D eigenvalue weighted by Gasteiger charge is 2.19. The zero-order valence-corrected chi connectivity index (χ0v) is 11.6. The monoisotopic (exact) mass is 315 g/mol. The number of alkyl halides is 1. The summed E-state index contributed by atoms with van der Waals surface area (Å²) in [6.45, 7) is 3.79. The zero-order valence-electron chi connectivity index (χ0n) is 9.98. The van der Waals surface area contributed by atoms with Crippen LogP contribution in [0.5, 0.6) is 5.75 Å². The molecule has 0 spiro atoms. The summed E-state index contributed by atoms with van der Waals surface area (Å²) >= 11 is 3.25. The minimum atomic E-state index is -1.22. The third-order valence-corrected chi connectivity index (χ3v) is 3.80. The topological polar surface area (TPSA) is 86.6 Å². The van der Waals surface area contributed by atoms with Crippen molar-refractivity contribution in [2.24, 2.45) is 5.92 Å². The molecule has 1 amide bonds. The number of aromatic hydroxyl groups is 1. The number of rotatable bonds is 4. The van der Waals surface area contributed by atoms with Crippen molar-refractivity contribution in [2.75, 3.05) is 5.32 Å². The average molecular weight is 316 g/mol. The summed E-state index contributed by atoms with van der Waals surface area (Å²) < 4.78 is 0. The van der Waals surface area contributed by atoms with E-state index in [0.717, 1.165) is 0 Å². The van der Waals surface area contributed by atoms with Gasteiger partial charge in [0.2, 0.25) is 5.91 Å². The normalized spacial score (nSPS) is 12.2. The number of hydrogen-bond acceptors (Lipinski definition) is 3. The van der Waals surface area contributed by atoms with Crippen LogP contribution in [0.1, 0.15) is 24.2 Å². The molecule has 1 unspecified atom stereocenters. The number of anilines is 1. The zero-order chi connectivity index (χ0) is 13.9. The maximum absolute atomic E-state index is 11.7. The Kier molecular flexibility index (Phi) is 4.72. The SMILES string of the molecule is CC(C)C(Br)C(=O)Nc1ccc(C(=O)O)c(O)c1. The van der Waals surface area contributed by atoms with Crippen molar-refractivity contribution >= 4 is 33.5 Å². The Bertz CT molecular complexity index is 473. The molecule has 98 valence electrons. The van der Waals surface area contributed by atoms with Gasteiger partial charge in [-0.25, -0.2) is 4.79 Å². The predicted molar refractivity (Wildman–Crippen MR) is 71.2 cm³/mol. The molecule has 0 bridgehead atoms. The Morgan fingerprint density at radius 2 is 1.94 bits per heavy atom. The van der Waals surface area contributed by atoms with Crippen LogP contribution in [0.3, 0.4) is 0 Å². The Balaban J connectivity index is 2.84. The number of benzene rings is 1. The van der Waals surface area contributed by atoms with Crippen LogP contribution in [0.2, 0.25) is 0 Å². The first kappa shape index (κ1) is 14.5. The van der Waals surface area contributed by atoms with Crippen molar-refractivity contribution in [1.82, 2.24) is 0 Å². The fourth-order valence-corrected chi connectivity index (χ4v) is 1.42. The summed E-state index contributed by atoms with van der Waals surface area (Å²) in [5, 5.41) is 20.8. The Labute approximate surface area is 113 Å². The van der Waals surface area contributed by atoms with E-state index in [9.17, 15) is 14.7 Å². The van der Waals surface area contributed by atoms with Crippen LogP contribution in [-0.2, 0) is 4.79 Å². The number of hydrogen-bond donors (Lipinski definition) is 3. The molecule has 0 fully saturated rings. The minimum Gasteiger partial charge on any atom is -0.507 e. The number of carbonyl (C=O) groups is 2. The molecule has 0 aliphatic carbocycles. The van der Waals surface area contributed by atoms with Crippen molar-refractivity contribution in [3.05, 3.63) is 23.8 Å². The van der Waals surface area contributed by atoms with Gasteiger partial charge in [0.25, 0.3) is 0 Å². The quantitative estimate of drug-likeness (QED) is 0.745. The van der Waals surface area contributed by atoms with Gasteiger partial charge in [-0.2, -0.15) is 0 Å². The van der Waals surface area contributed by atoms with Crippen LogP contribution in [-0.4, -0.2) is 26.9 Å². The summed E-state index contributed by atoms with van der Waals surface area (Å²) in [7, 11) is 0. The molecular weight excluding hydrogens is 302 g/mol. The van der Waals surface area contributed by atoms with E-state index in [1.54, 1.807) is 0 Å². The smallest absolute Gasteiger partial charge is 0.339 e. The Morgan fingerprint density at radius 1 is 1.33 bits per heavy atom. The van der Waals surface area contributed by atoms with E-state index in [2.05, 4.69) is 21.2 Å². The third-order valence-electron chi connectivity index (χ3n) is 2.33. The van der Waals surface area contributed by atoms with Crippen molar-refractivity contribution < 1.29 is 19.8 Å². The average Bonchev–Trinajstić information content (AvgIpc) is 2.27. The molecular formula is C12H14BrNO4. The molecule has 0 aliphatic rings. The van der Waals surface area contributed by atoms with Crippen LogP contribution in [0.4, 0.5) is 5.69 Å². The maximum Gasteiger partial charge on any atom is 0.339 e. The van der Waals surface area contributed by atoms with Crippen molar-refractivity contribution in [2.45, 2.75) is 18.7 Å². The van der Waals surface area contributed by atoms with Crippen molar-refractivity contribution in [3.63, 3.8) is 0 Å². The summed E-state index contributed by atoms with van der Waals surface area (Å²) in [4.78, 5) is 22.1. The van der Waals surface area contributed by atoms with Gasteiger partial charge in [-0.3, -0.25) is 4.79 Å². The van der Waals surface area contributed by atoms with Gasteiger partial charge in [-0.05, 0) is 18.1 Å². The van der Waals surface area contributed by atoms with E-state index in [1.807, 2.05) is 13.8 Å². The van der Waals surface area contributed by atoms with Crippen molar-refractivity contribution in [3.8, 4) is 5.75 Å². The summed E-state index contributed by atoms with van der Waals surface area (Å²) in [5.74, 6) is -1.72. The fourth-order valence-electron chi connectivity index (χ4n) is 1.30. The second kappa shape index (κ2) is 5.86. The predicted octanol–water partition coefficient (Wildman–Crippen LogP) is 2.45. The first-order valence-corrected chi connectivity index (χ1v) is 6.25. The minimum absolute atomic E-state index is 0.122. The van der Waals surface area contributed by atoms with Crippen LogP contribution >= 0.6 is 15.9 Å². The lowest BCUT2D eigenvalue weighted by molar-refractivity contribution is -0.116. The largest absolute Gasteiger partial charge is 0.507 e. The second-order valence-electron chi connectivity index (χ2n) is 4.17. The maximum atomic E-state index is 11.7. The highest BCUT2D eigenvalue weighted by atomic mass is 79.9. The summed E-state index contributed by atoms with van der Waals surface area (Å²) in [6, 6.07) is 3.88. The first-order chi connectivity index (χ1) is 8.32. The molecule has 0 saturated heterocycles. The van der Waals surface area contributed by atoms with Crippen LogP contribution in [0.25, 0.3) is 0 Å². The number of halogens is 1. The number of nitrogens with one attached hydrogen (secondary N) is 1. The van der Waals surface area contributed by atoms with Gasteiger partial charge in [0.15, 0.2) is 0 Å². The van der Waals surface area contributed by atoms with Gasteiger partial charge < -0.3 is 15.5 Å². The van der Waals surface area contributed by atoms with Crippen molar-refractivity contribution in [1.29, 1.82) is 0 Å². The van der Waals surface area contributed by atoms with E-state index >= 15 is 0 Å². The fraction of sp³-hybridized carbons (Fsp3) is 0.333. The number of carboxylic acids is 1. The molecule has 0 aromatic heterocycles. The van der Waals surface area contributed by atoms with Gasteiger partial charge in [-0.15, -0.1) is 0 Å². The number of phenols is 1. The van der Waals surface area contributed by atoms with Crippen LogP contribution < -0.4 is 5.32 Å². The van der Waals surface area contributed by atoms with Gasteiger partial charge >= 0.3 is 5.97 Å². The second-order valence-corrected chi connectivity index (χ2v) is 5.16. The molecule has 1 rings (SSSR count). The lowest BCUT2D eigenvalue weighted by Gasteiger charge is -2.14. The van der Waals surface area contributed by atoms with E-state index < -0.39 is 5.97 Å². The third kappa shape index (κ3) is 3.46. The number of carboxylic acid groups (broad SMARTS) is 1. The number of carbonyl (C=O) groups excluding carboxylic acids is 1. The molecule has 0 aliphatic heterocycles. The van der Waals surface area contributed by atoms with E-state index in [1.165, 1.54) is 18.2 Å². The Hall–Kier alpha value is -1.56. The molecule has 1 aromatic rings. The van der Waals surface area contributed by atoms with Gasteiger partial charge in [0.1, 0.15) is 11.3 Å². The van der Waals surface area contributed by atoms with E-state index in [0.29, 0.717) is 5.69 Å². The Morgan fingerprint density at radius 3 is 2.39 bits per heavy atom. The highest BCUT2D eigenvalue weighted by Crippen LogP contribution is 2.23. The molecule has 1 aromatic carbocycles. The molecule has 1 atom stereocenters. The highest BCUT2D eigenvalue weighted by molar-refractivity contribution is 9.10. The molecule has 0 heterocycles. The summed E-state index contributed by atoms with van der Waals surface area (Å²) in [5.41, 5.74) is 0.153. The standard InChI is InChI=1S/C12H14BrNO4/c1-6(2)10(13)11(16)14-7-3-4-8(12(17)18)9(15)5-7/h3-6,10,15H,1-2H3,(H,14,16)(H,17,18). The van der Waals surface area contributed by atoms with Crippen LogP contribution in [0, 0.1) is 5.92 Å². The lowest BCUT2D eigenvalue weighted by atomic mass is 10.1.